The van der Waals surface area contributed by atoms with E-state index in [1.165, 1.54) is 64.2 Å². The molecule has 290 valence electrons. The molecule has 0 aliphatic heterocycles. The van der Waals surface area contributed by atoms with Gasteiger partial charge < -0.3 is 20.1 Å². The average Bonchev–Trinajstić information content (AvgIpc) is 3.10. The number of hydrogen-bond donors (Lipinski definition) is 2. The summed E-state index contributed by atoms with van der Waals surface area (Å²) < 4.78 is 33.1. The SMILES string of the molecule is CCC=CCC=CCC=CCCCCCCCC(=O)O[C@H](COC=CCCCCCCC=CCCCCCCCC)COP(=O)(O)OCCN. The van der Waals surface area contributed by atoms with Crippen LogP contribution in [0.2, 0.25) is 0 Å². The van der Waals surface area contributed by atoms with Gasteiger partial charge in [0.15, 0.2) is 6.10 Å². The Morgan fingerprint density at radius 3 is 1.72 bits per heavy atom. The molecule has 0 aliphatic rings. The van der Waals surface area contributed by atoms with E-state index in [-0.39, 0.29) is 38.8 Å². The van der Waals surface area contributed by atoms with Gasteiger partial charge in [0.05, 0.1) is 19.5 Å². The van der Waals surface area contributed by atoms with E-state index in [0.717, 1.165) is 77.0 Å². The largest absolute Gasteiger partial charge is 0.498 e. The minimum Gasteiger partial charge on any atom is -0.498 e. The summed E-state index contributed by atoms with van der Waals surface area (Å²) in [6.07, 6.45) is 46.1. The maximum Gasteiger partial charge on any atom is 0.472 e. The highest BCUT2D eigenvalue weighted by Crippen LogP contribution is 2.43. The molecule has 8 nitrogen and oxygen atoms in total. The Hall–Kier alpha value is -1.96. The molecule has 50 heavy (non-hydrogen) atoms. The van der Waals surface area contributed by atoms with E-state index in [0.29, 0.717) is 0 Å². The average molecular weight is 724 g/mol. The van der Waals surface area contributed by atoms with Crippen LogP contribution >= 0.6 is 7.82 Å². The molecule has 0 heterocycles. The Balaban J connectivity index is 4.19. The number of ether oxygens (including phenoxy) is 2. The second-order valence-corrected chi connectivity index (χ2v) is 14.3. The number of allylic oxidation sites excluding steroid dienone is 9. The summed E-state index contributed by atoms with van der Waals surface area (Å²) >= 11 is 0. The molecule has 2 atom stereocenters. The van der Waals surface area contributed by atoms with Gasteiger partial charge in [-0.1, -0.05) is 127 Å². The molecule has 1 unspecified atom stereocenters. The quantitative estimate of drug-likeness (QED) is 0.0214. The van der Waals surface area contributed by atoms with Crippen molar-refractivity contribution in [2.75, 3.05) is 26.4 Å². The molecular formula is C41H74NO7P. The number of esters is 1. The van der Waals surface area contributed by atoms with E-state index in [9.17, 15) is 14.3 Å². The molecule has 0 aromatic carbocycles. The highest BCUT2D eigenvalue weighted by Gasteiger charge is 2.25. The van der Waals surface area contributed by atoms with Crippen LogP contribution in [0.1, 0.15) is 162 Å². The minimum atomic E-state index is -4.30. The van der Waals surface area contributed by atoms with Gasteiger partial charge in [0, 0.05) is 13.0 Å². The molecule has 0 aromatic rings. The Bertz CT molecular complexity index is 947. The molecule has 0 aromatic heterocycles. The highest BCUT2D eigenvalue weighted by atomic mass is 31.2. The standard InChI is InChI=1S/C41H74NO7P/c1-3-5-7-9-11-13-15-17-19-21-23-25-27-29-31-33-36-46-38-40(39-48-50(44,45)47-37-35-42)49-41(43)34-32-30-28-26-24-22-20-18-16-14-12-10-8-6-4-2/h6,8,12,14,17-20,33,36,40H,3-5,7,9-11,13,15-16,21-32,34-35,37-39,42H2,1-2H3,(H,44,45)/t40-/m1/s1. The maximum atomic E-state index is 12.5. The molecular weight excluding hydrogens is 649 g/mol. The van der Waals surface area contributed by atoms with Crippen LogP contribution in [0, 0.1) is 0 Å². The van der Waals surface area contributed by atoms with Gasteiger partial charge in [0.1, 0.15) is 6.61 Å². The van der Waals surface area contributed by atoms with Crippen LogP contribution in [0.15, 0.2) is 60.9 Å². The third-order valence-corrected chi connectivity index (χ3v) is 8.97. The lowest BCUT2D eigenvalue weighted by Crippen LogP contribution is -2.27. The predicted molar refractivity (Wildman–Crippen MR) is 210 cm³/mol. The van der Waals surface area contributed by atoms with Crippen LogP contribution in [0.5, 0.6) is 0 Å². The number of carbonyl (C=O) groups excluding carboxylic acids is 1. The van der Waals surface area contributed by atoms with Crippen molar-refractivity contribution < 1.29 is 32.8 Å². The molecule has 0 aliphatic carbocycles. The smallest absolute Gasteiger partial charge is 0.472 e. The first kappa shape index (κ1) is 48.0. The van der Waals surface area contributed by atoms with Crippen LogP contribution < -0.4 is 5.73 Å². The fourth-order valence-electron chi connectivity index (χ4n) is 5.09. The van der Waals surface area contributed by atoms with Gasteiger partial charge in [-0.25, -0.2) is 4.57 Å². The van der Waals surface area contributed by atoms with Gasteiger partial charge in [-0.05, 0) is 83.1 Å². The third kappa shape index (κ3) is 37.3. The van der Waals surface area contributed by atoms with Crippen LogP contribution in [-0.2, 0) is 27.9 Å². The van der Waals surface area contributed by atoms with Crippen molar-refractivity contribution in [1.82, 2.24) is 0 Å². The number of carbonyl (C=O) groups is 1. The zero-order valence-electron chi connectivity index (χ0n) is 31.9. The molecule has 0 saturated heterocycles. The van der Waals surface area contributed by atoms with E-state index in [4.69, 9.17) is 24.3 Å². The van der Waals surface area contributed by atoms with Crippen molar-refractivity contribution in [3.8, 4) is 0 Å². The van der Waals surface area contributed by atoms with E-state index in [2.05, 4.69) is 62.5 Å². The first-order valence-corrected chi connectivity index (χ1v) is 21.3. The topological polar surface area (TPSA) is 117 Å². The van der Waals surface area contributed by atoms with Crippen LogP contribution in [0.3, 0.4) is 0 Å². The maximum absolute atomic E-state index is 12.5. The molecule has 3 N–H and O–H groups in total. The van der Waals surface area contributed by atoms with Crippen molar-refractivity contribution in [1.29, 1.82) is 0 Å². The zero-order chi connectivity index (χ0) is 36.6. The number of phosphoric acid groups is 1. The third-order valence-electron chi connectivity index (χ3n) is 7.98. The number of unbranched alkanes of at least 4 members (excludes halogenated alkanes) is 16. The van der Waals surface area contributed by atoms with Crippen molar-refractivity contribution in [3.63, 3.8) is 0 Å². The Morgan fingerprint density at radius 1 is 0.640 bits per heavy atom. The second-order valence-electron chi connectivity index (χ2n) is 12.8. The molecule has 0 radical (unpaired) electrons. The van der Waals surface area contributed by atoms with Crippen LogP contribution in [0.25, 0.3) is 0 Å². The van der Waals surface area contributed by atoms with E-state index < -0.39 is 13.9 Å². The lowest BCUT2D eigenvalue weighted by atomic mass is 10.1. The highest BCUT2D eigenvalue weighted by molar-refractivity contribution is 7.47. The summed E-state index contributed by atoms with van der Waals surface area (Å²) in [7, 11) is -4.30. The summed E-state index contributed by atoms with van der Waals surface area (Å²) in [5.41, 5.74) is 5.35. The van der Waals surface area contributed by atoms with Crippen molar-refractivity contribution in [3.05, 3.63) is 60.9 Å². The van der Waals surface area contributed by atoms with Gasteiger partial charge in [0.25, 0.3) is 0 Å². The molecule has 0 fully saturated rings. The number of phosphoric ester groups is 1. The van der Waals surface area contributed by atoms with E-state index in [1.807, 2.05) is 6.08 Å². The Morgan fingerprint density at radius 2 is 1.14 bits per heavy atom. The summed E-state index contributed by atoms with van der Waals surface area (Å²) in [5.74, 6) is -0.375. The van der Waals surface area contributed by atoms with Crippen molar-refractivity contribution in [2.24, 2.45) is 5.73 Å². The normalized spacial score (nSPS) is 14.2. The van der Waals surface area contributed by atoms with Crippen LogP contribution in [0.4, 0.5) is 0 Å². The summed E-state index contributed by atoms with van der Waals surface area (Å²) in [5, 5.41) is 0. The molecule has 0 saturated carbocycles. The fourth-order valence-corrected chi connectivity index (χ4v) is 5.85. The number of rotatable bonds is 37. The van der Waals surface area contributed by atoms with Gasteiger partial charge >= 0.3 is 13.8 Å². The lowest BCUT2D eigenvalue weighted by molar-refractivity contribution is -0.153. The first-order chi connectivity index (χ1) is 24.4. The molecule has 0 rings (SSSR count). The Kier molecular flexibility index (Phi) is 36.8. The minimum absolute atomic E-state index is 0.0173. The van der Waals surface area contributed by atoms with Crippen LogP contribution in [-0.4, -0.2) is 43.3 Å². The predicted octanol–water partition coefficient (Wildman–Crippen LogP) is 11.8. The molecule has 0 amide bonds. The van der Waals surface area contributed by atoms with Gasteiger partial charge in [0.2, 0.25) is 0 Å². The first-order valence-electron chi connectivity index (χ1n) is 19.8. The summed E-state index contributed by atoms with van der Waals surface area (Å²) in [6, 6.07) is 0. The van der Waals surface area contributed by atoms with E-state index in [1.54, 1.807) is 6.26 Å². The monoisotopic (exact) mass is 724 g/mol. The summed E-state index contributed by atoms with van der Waals surface area (Å²) in [4.78, 5) is 22.4. The Labute approximate surface area is 306 Å². The van der Waals surface area contributed by atoms with Gasteiger partial charge in [-0.3, -0.25) is 13.8 Å². The number of nitrogens with two attached hydrogens (primary N) is 1. The lowest BCUT2D eigenvalue weighted by Gasteiger charge is -2.19. The molecule has 0 spiro atoms. The van der Waals surface area contributed by atoms with Crippen molar-refractivity contribution >= 4 is 13.8 Å². The summed E-state index contributed by atoms with van der Waals surface area (Å²) in [6.45, 7) is 4.07. The molecule has 0 bridgehead atoms. The number of hydrogen-bond acceptors (Lipinski definition) is 7. The van der Waals surface area contributed by atoms with Gasteiger partial charge in [-0.2, -0.15) is 0 Å². The van der Waals surface area contributed by atoms with E-state index >= 15 is 0 Å². The van der Waals surface area contributed by atoms with Gasteiger partial charge in [-0.15, -0.1) is 0 Å². The second kappa shape index (κ2) is 38.3. The molecule has 9 heteroatoms. The zero-order valence-corrected chi connectivity index (χ0v) is 32.8. The fraction of sp³-hybridized carbons (Fsp3) is 0.732. The van der Waals surface area contributed by atoms with Crippen molar-refractivity contribution in [2.45, 2.75) is 168 Å².